The minimum Gasteiger partial charge on any atom is -0.497 e. The normalized spacial score (nSPS) is 12.1. The number of carbonyl (C=O) groups excluding carboxylic acids is 1. The van der Waals surface area contributed by atoms with Crippen molar-refractivity contribution in [3.8, 4) is 28.7 Å². The van der Waals surface area contributed by atoms with Gasteiger partial charge in [0.1, 0.15) is 17.1 Å². The molecule has 10 nitrogen and oxygen atoms in total. The molecule has 0 saturated heterocycles. The van der Waals surface area contributed by atoms with Crippen LogP contribution in [0.4, 0.5) is 11.5 Å². The van der Waals surface area contributed by atoms with E-state index in [2.05, 4.69) is 20.3 Å². The minimum absolute atomic E-state index is 0.0924. The zero-order valence-electron chi connectivity index (χ0n) is 21.8. The van der Waals surface area contributed by atoms with Gasteiger partial charge in [0.15, 0.2) is 5.82 Å². The van der Waals surface area contributed by atoms with Gasteiger partial charge in [-0.2, -0.15) is 0 Å². The Labute approximate surface area is 221 Å². The van der Waals surface area contributed by atoms with Crippen LogP contribution in [0.2, 0.25) is 0 Å². The van der Waals surface area contributed by atoms with E-state index in [-0.39, 0.29) is 17.3 Å². The molecule has 2 aromatic carbocycles. The minimum atomic E-state index is -0.371. The van der Waals surface area contributed by atoms with Gasteiger partial charge in [-0.15, -0.1) is 5.10 Å². The lowest BCUT2D eigenvalue weighted by Crippen LogP contribution is -2.15. The SMILES string of the molecule is COc1ccc2c(c1)CCc1cnc(-n3cc(C(=O)Nc4ccc(OCCCN(C)C)cc4)c(N)n3)nc1-2. The quantitative estimate of drug-likeness (QED) is 0.326. The molecule has 2 aromatic heterocycles. The summed E-state index contributed by atoms with van der Waals surface area (Å²) in [6.45, 7) is 1.59. The first-order valence-corrected chi connectivity index (χ1v) is 12.5. The summed E-state index contributed by atoms with van der Waals surface area (Å²) < 4.78 is 12.6. The summed E-state index contributed by atoms with van der Waals surface area (Å²) in [5.41, 5.74) is 11.1. The highest BCUT2D eigenvalue weighted by molar-refractivity contribution is 6.07. The molecule has 3 N–H and O–H groups in total. The second-order valence-corrected chi connectivity index (χ2v) is 9.42. The van der Waals surface area contributed by atoms with Crippen LogP contribution < -0.4 is 20.5 Å². The third kappa shape index (κ3) is 5.45. The zero-order chi connectivity index (χ0) is 26.6. The number of nitrogens with two attached hydrogens (primary N) is 1. The smallest absolute Gasteiger partial charge is 0.261 e. The number of nitrogen functional groups attached to an aromatic ring is 1. The molecule has 0 fully saturated rings. The van der Waals surface area contributed by atoms with Crippen LogP contribution >= 0.6 is 0 Å². The number of fused-ring (bicyclic) bond motifs is 3. The van der Waals surface area contributed by atoms with E-state index in [9.17, 15) is 4.79 Å². The van der Waals surface area contributed by atoms with E-state index in [0.717, 1.165) is 54.1 Å². The van der Waals surface area contributed by atoms with Gasteiger partial charge in [-0.3, -0.25) is 4.79 Å². The van der Waals surface area contributed by atoms with E-state index < -0.39 is 0 Å². The van der Waals surface area contributed by atoms with Crippen molar-refractivity contribution in [3.63, 3.8) is 0 Å². The summed E-state index contributed by atoms with van der Waals surface area (Å²) in [6.07, 6.45) is 6.03. The summed E-state index contributed by atoms with van der Waals surface area (Å²) in [5, 5.41) is 7.17. The molecule has 0 saturated carbocycles. The van der Waals surface area contributed by atoms with Gasteiger partial charge < -0.3 is 25.4 Å². The fraction of sp³-hybridized carbons (Fsp3) is 0.286. The lowest BCUT2D eigenvalue weighted by Gasteiger charge is -2.19. The highest BCUT2D eigenvalue weighted by Crippen LogP contribution is 2.34. The van der Waals surface area contributed by atoms with E-state index in [4.69, 9.17) is 20.2 Å². The van der Waals surface area contributed by atoms with Crippen molar-refractivity contribution >= 4 is 17.4 Å². The molecule has 38 heavy (non-hydrogen) atoms. The number of aryl methyl sites for hydroxylation is 2. The number of hydrogen-bond donors (Lipinski definition) is 2. The Morgan fingerprint density at radius 3 is 2.63 bits per heavy atom. The number of carbonyl (C=O) groups is 1. The molecule has 0 radical (unpaired) electrons. The van der Waals surface area contributed by atoms with Crippen LogP contribution in [0.1, 0.15) is 27.9 Å². The van der Waals surface area contributed by atoms with Crippen LogP contribution in [-0.4, -0.2) is 64.9 Å². The summed E-state index contributed by atoms with van der Waals surface area (Å²) in [5.74, 6) is 1.63. The monoisotopic (exact) mass is 513 g/mol. The Hall–Kier alpha value is -4.44. The summed E-state index contributed by atoms with van der Waals surface area (Å²) in [7, 11) is 5.72. The van der Waals surface area contributed by atoms with Gasteiger partial charge in [0.05, 0.1) is 19.4 Å². The number of hydrogen-bond acceptors (Lipinski definition) is 8. The van der Waals surface area contributed by atoms with E-state index >= 15 is 0 Å². The van der Waals surface area contributed by atoms with E-state index in [1.165, 1.54) is 10.2 Å². The second-order valence-electron chi connectivity index (χ2n) is 9.42. The molecule has 1 aliphatic rings. The van der Waals surface area contributed by atoms with Crippen LogP contribution in [0.3, 0.4) is 0 Å². The molecule has 0 unspecified atom stereocenters. The first-order chi connectivity index (χ1) is 18.4. The van der Waals surface area contributed by atoms with Gasteiger partial charge in [-0.05, 0) is 86.9 Å². The number of anilines is 2. The van der Waals surface area contributed by atoms with Crippen molar-refractivity contribution in [3.05, 3.63) is 71.5 Å². The first-order valence-electron chi connectivity index (χ1n) is 12.5. The van der Waals surface area contributed by atoms with Gasteiger partial charge in [0, 0.05) is 30.2 Å². The average molecular weight is 514 g/mol. The van der Waals surface area contributed by atoms with Crippen LogP contribution in [0.15, 0.2) is 54.9 Å². The molecule has 1 aliphatic carbocycles. The number of methoxy groups -OCH3 is 1. The van der Waals surface area contributed by atoms with E-state index in [0.29, 0.717) is 18.2 Å². The Morgan fingerprint density at radius 2 is 1.87 bits per heavy atom. The summed E-state index contributed by atoms with van der Waals surface area (Å²) in [6, 6.07) is 13.2. The molecule has 0 atom stereocenters. The van der Waals surface area contributed by atoms with Gasteiger partial charge >= 0.3 is 0 Å². The van der Waals surface area contributed by atoms with Crippen molar-refractivity contribution in [2.75, 3.05) is 45.4 Å². The molecule has 10 heteroatoms. The van der Waals surface area contributed by atoms with Crippen LogP contribution in [0, 0.1) is 0 Å². The largest absolute Gasteiger partial charge is 0.497 e. The maximum atomic E-state index is 13.0. The topological polar surface area (TPSA) is 120 Å². The second kappa shape index (κ2) is 10.9. The fourth-order valence-electron chi connectivity index (χ4n) is 4.40. The maximum Gasteiger partial charge on any atom is 0.261 e. The third-order valence-electron chi connectivity index (χ3n) is 6.41. The predicted octanol–water partition coefficient (Wildman–Crippen LogP) is 3.60. The molecule has 1 amide bonds. The third-order valence-corrected chi connectivity index (χ3v) is 6.41. The van der Waals surface area contributed by atoms with Crippen molar-refractivity contribution in [1.29, 1.82) is 0 Å². The number of nitrogens with one attached hydrogen (secondary N) is 1. The van der Waals surface area contributed by atoms with E-state index in [1.54, 1.807) is 25.4 Å². The molecule has 4 aromatic rings. The molecule has 0 aliphatic heterocycles. The highest BCUT2D eigenvalue weighted by atomic mass is 16.5. The molecule has 0 bridgehead atoms. The fourth-order valence-corrected chi connectivity index (χ4v) is 4.40. The van der Waals surface area contributed by atoms with Crippen molar-refractivity contribution < 1.29 is 14.3 Å². The zero-order valence-corrected chi connectivity index (χ0v) is 21.8. The standard InChI is InChI=1S/C28H31N7O3/c1-34(2)13-4-14-38-21-9-7-20(8-10-21)31-27(36)24-17-35(33-26(24)29)28-30-16-19-6-5-18-15-22(37-3)11-12-23(18)25(19)32-28/h7-12,15-17H,4-6,13-14H2,1-3H3,(H2,29,33)(H,31,36). The Balaban J connectivity index is 1.29. The van der Waals surface area contributed by atoms with Crippen LogP contribution in [0.5, 0.6) is 11.5 Å². The number of aromatic nitrogens is 4. The van der Waals surface area contributed by atoms with Crippen molar-refractivity contribution in [2.24, 2.45) is 0 Å². The number of benzene rings is 2. The summed E-state index contributed by atoms with van der Waals surface area (Å²) >= 11 is 0. The molecular formula is C28H31N7O3. The lowest BCUT2D eigenvalue weighted by molar-refractivity contribution is 0.102. The Kier molecular flexibility index (Phi) is 7.23. The molecular weight excluding hydrogens is 482 g/mol. The number of rotatable bonds is 9. The van der Waals surface area contributed by atoms with Gasteiger partial charge in [-0.1, -0.05) is 0 Å². The maximum absolute atomic E-state index is 13.0. The highest BCUT2D eigenvalue weighted by Gasteiger charge is 2.21. The molecule has 2 heterocycles. The Bertz CT molecular complexity index is 1450. The Morgan fingerprint density at radius 1 is 1.11 bits per heavy atom. The van der Waals surface area contributed by atoms with Gasteiger partial charge in [0.2, 0.25) is 0 Å². The van der Waals surface area contributed by atoms with E-state index in [1.807, 2.05) is 50.6 Å². The lowest BCUT2D eigenvalue weighted by atomic mass is 9.90. The number of nitrogens with zero attached hydrogens (tertiary/aromatic N) is 5. The molecule has 5 rings (SSSR count). The average Bonchev–Trinajstić information content (AvgIpc) is 3.32. The number of amides is 1. The molecule has 196 valence electrons. The first kappa shape index (κ1) is 25.2. The van der Waals surface area contributed by atoms with Gasteiger partial charge in [0.25, 0.3) is 11.9 Å². The van der Waals surface area contributed by atoms with Crippen LogP contribution in [0.25, 0.3) is 17.2 Å². The van der Waals surface area contributed by atoms with Crippen molar-refractivity contribution in [1.82, 2.24) is 24.6 Å². The predicted molar refractivity (Wildman–Crippen MR) is 146 cm³/mol. The summed E-state index contributed by atoms with van der Waals surface area (Å²) in [4.78, 5) is 24.3. The van der Waals surface area contributed by atoms with Crippen LogP contribution in [-0.2, 0) is 12.8 Å². The van der Waals surface area contributed by atoms with Gasteiger partial charge in [-0.25, -0.2) is 14.6 Å². The molecule has 0 spiro atoms. The van der Waals surface area contributed by atoms with Crippen molar-refractivity contribution in [2.45, 2.75) is 19.3 Å². The number of ether oxygens (including phenoxy) is 2.